The minimum absolute atomic E-state index is 0.0732. The number of benzene rings is 2. The van der Waals surface area contributed by atoms with Crippen molar-refractivity contribution in [2.75, 3.05) is 17.7 Å². The molecule has 29 heavy (non-hydrogen) atoms. The summed E-state index contributed by atoms with van der Waals surface area (Å²) in [6.45, 7) is 1.87. The van der Waals surface area contributed by atoms with Crippen molar-refractivity contribution in [3.63, 3.8) is 0 Å². The number of nitrogens with one attached hydrogen (secondary N) is 2. The number of rotatable bonds is 5. The zero-order valence-electron chi connectivity index (χ0n) is 15.8. The fourth-order valence-electron chi connectivity index (χ4n) is 3.08. The van der Waals surface area contributed by atoms with Gasteiger partial charge in [-0.25, -0.2) is 4.68 Å². The Morgan fingerprint density at radius 3 is 2.76 bits per heavy atom. The Bertz CT molecular complexity index is 1090. The molecular formula is C20H18ClN5O3. The fraction of sp³-hybridized carbons (Fsp3) is 0.200. The number of methoxy groups -OCH3 is 1. The van der Waals surface area contributed by atoms with Crippen LogP contribution in [0.4, 0.5) is 11.6 Å². The summed E-state index contributed by atoms with van der Waals surface area (Å²) in [5, 5.41) is 10.4. The van der Waals surface area contributed by atoms with Gasteiger partial charge in [-0.2, -0.15) is 4.98 Å². The Morgan fingerprint density at radius 2 is 2.03 bits per heavy atom. The average Bonchev–Trinajstić information content (AvgIpc) is 3.23. The van der Waals surface area contributed by atoms with E-state index in [4.69, 9.17) is 16.3 Å². The molecule has 1 atom stereocenters. The molecule has 148 valence electrons. The maximum atomic E-state index is 12.5. The maximum Gasteiger partial charge on any atom is 0.252 e. The number of aromatic nitrogens is 3. The van der Waals surface area contributed by atoms with Crippen LogP contribution in [0.2, 0.25) is 5.02 Å². The molecule has 2 amide bonds. The van der Waals surface area contributed by atoms with Crippen LogP contribution in [0.1, 0.15) is 18.0 Å². The van der Waals surface area contributed by atoms with Gasteiger partial charge in [-0.1, -0.05) is 17.7 Å². The Hall–Kier alpha value is -3.39. The highest BCUT2D eigenvalue weighted by Crippen LogP contribution is 2.29. The van der Waals surface area contributed by atoms with Crippen molar-refractivity contribution in [3.05, 3.63) is 53.1 Å². The summed E-state index contributed by atoms with van der Waals surface area (Å²) in [4.78, 5) is 29.2. The van der Waals surface area contributed by atoms with Crippen LogP contribution in [0, 0.1) is 6.92 Å². The van der Waals surface area contributed by atoms with Gasteiger partial charge >= 0.3 is 0 Å². The van der Waals surface area contributed by atoms with Gasteiger partial charge in [0.1, 0.15) is 11.8 Å². The number of hydrogen-bond donors (Lipinski definition) is 2. The number of hydrogen-bond acceptors (Lipinski definition) is 5. The molecule has 1 aliphatic rings. The van der Waals surface area contributed by atoms with Gasteiger partial charge in [0.15, 0.2) is 5.82 Å². The first-order chi connectivity index (χ1) is 13.9. The van der Waals surface area contributed by atoms with Crippen LogP contribution in [0.5, 0.6) is 5.75 Å². The van der Waals surface area contributed by atoms with Gasteiger partial charge in [-0.3, -0.25) is 14.9 Å². The number of nitrogens with zero attached hydrogens (tertiary/aromatic N) is 3. The van der Waals surface area contributed by atoms with Crippen molar-refractivity contribution in [2.45, 2.75) is 19.4 Å². The first kappa shape index (κ1) is 18.9. The topological polar surface area (TPSA) is 98.1 Å². The van der Waals surface area contributed by atoms with E-state index >= 15 is 0 Å². The van der Waals surface area contributed by atoms with E-state index < -0.39 is 6.04 Å². The third kappa shape index (κ3) is 3.79. The molecule has 9 heteroatoms. The molecule has 3 aromatic rings. The zero-order valence-corrected chi connectivity index (χ0v) is 16.5. The Balaban J connectivity index is 1.52. The van der Waals surface area contributed by atoms with Crippen LogP contribution in [0.15, 0.2) is 42.5 Å². The monoisotopic (exact) mass is 411 g/mol. The average molecular weight is 412 g/mol. The summed E-state index contributed by atoms with van der Waals surface area (Å²) in [6, 6.07) is 11.7. The quantitative estimate of drug-likeness (QED) is 0.670. The van der Waals surface area contributed by atoms with Gasteiger partial charge in [-0.15, -0.1) is 5.10 Å². The standard InChI is InChI=1S/C20H18ClN5O3/c1-11-3-6-13(21)9-15(11)22-17(27)10-16-19(28)24-20-23-18(25-26(16)20)12-4-7-14(29-2)8-5-12/h3-9,16H,10H2,1-2H3,(H,22,27)(H,23,24,25,28)/t16-/m1/s1. The van der Waals surface area contributed by atoms with Crippen molar-refractivity contribution >= 4 is 35.1 Å². The number of halogens is 1. The summed E-state index contributed by atoms with van der Waals surface area (Å²) in [5.74, 6) is 0.861. The summed E-state index contributed by atoms with van der Waals surface area (Å²) >= 11 is 6.00. The Labute approximate surface area is 171 Å². The normalized spacial score (nSPS) is 15.0. The molecule has 0 bridgehead atoms. The summed E-state index contributed by atoms with van der Waals surface area (Å²) in [7, 11) is 1.59. The second-order valence-corrected chi connectivity index (χ2v) is 7.09. The third-order valence-corrected chi connectivity index (χ3v) is 4.90. The molecule has 1 aliphatic heterocycles. The van der Waals surface area contributed by atoms with Gasteiger partial charge in [-0.05, 0) is 48.9 Å². The molecule has 8 nitrogen and oxygen atoms in total. The SMILES string of the molecule is COc1ccc(-c2nc3n(n2)[C@H](CC(=O)Nc2cc(Cl)ccc2C)C(=O)N3)cc1. The van der Waals surface area contributed by atoms with Crippen molar-refractivity contribution in [1.29, 1.82) is 0 Å². The molecule has 0 radical (unpaired) electrons. The Kier molecular flexibility index (Phi) is 4.94. The molecule has 0 fully saturated rings. The van der Waals surface area contributed by atoms with E-state index in [9.17, 15) is 9.59 Å². The van der Waals surface area contributed by atoms with E-state index in [1.54, 1.807) is 31.4 Å². The molecule has 1 aromatic heterocycles. The highest BCUT2D eigenvalue weighted by Gasteiger charge is 2.35. The van der Waals surface area contributed by atoms with E-state index in [-0.39, 0.29) is 18.2 Å². The smallest absolute Gasteiger partial charge is 0.252 e. The van der Waals surface area contributed by atoms with Crippen molar-refractivity contribution in [1.82, 2.24) is 14.8 Å². The molecule has 4 rings (SSSR count). The highest BCUT2D eigenvalue weighted by atomic mass is 35.5. The number of amides is 2. The van der Waals surface area contributed by atoms with Gasteiger partial charge in [0.05, 0.1) is 13.5 Å². The minimum Gasteiger partial charge on any atom is -0.497 e. The predicted molar refractivity (Wildman–Crippen MR) is 109 cm³/mol. The van der Waals surface area contributed by atoms with Crippen LogP contribution < -0.4 is 15.4 Å². The lowest BCUT2D eigenvalue weighted by Crippen LogP contribution is -2.24. The van der Waals surface area contributed by atoms with Crippen molar-refractivity contribution in [2.24, 2.45) is 0 Å². The van der Waals surface area contributed by atoms with Crippen molar-refractivity contribution < 1.29 is 14.3 Å². The van der Waals surface area contributed by atoms with Crippen LogP contribution in [-0.4, -0.2) is 33.7 Å². The van der Waals surface area contributed by atoms with E-state index in [0.717, 1.165) is 16.9 Å². The van der Waals surface area contributed by atoms with Gasteiger partial charge < -0.3 is 10.1 Å². The number of carbonyl (C=O) groups is 2. The maximum absolute atomic E-state index is 12.5. The van der Waals surface area contributed by atoms with E-state index in [0.29, 0.717) is 22.5 Å². The lowest BCUT2D eigenvalue weighted by Gasteiger charge is -2.11. The first-order valence-corrected chi connectivity index (χ1v) is 9.30. The first-order valence-electron chi connectivity index (χ1n) is 8.92. The lowest BCUT2D eigenvalue weighted by molar-refractivity contribution is -0.123. The molecular weight excluding hydrogens is 394 g/mol. The third-order valence-electron chi connectivity index (χ3n) is 4.66. The van der Waals surface area contributed by atoms with Gasteiger partial charge in [0.2, 0.25) is 11.9 Å². The summed E-state index contributed by atoms with van der Waals surface area (Å²) in [5.41, 5.74) is 2.26. The van der Waals surface area contributed by atoms with Crippen LogP contribution >= 0.6 is 11.6 Å². The van der Waals surface area contributed by atoms with E-state index in [1.807, 2.05) is 25.1 Å². The second kappa shape index (κ2) is 7.56. The lowest BCUT2D eigenvalue weighted by atomic mass is 10.1. The largest absolute Gasteiger partial charge is 0.497 e. The molecule has 0 saturated heterocycles. The molecule has 0 spiro atoms. The number of ether oxygens (including phenoxy) is 1. The molecule has 0 aliphatic carbocycles. The number of carbonyl (C=O) groups excluding carboxylic acids is 2. The molecule has 2 heterocycles. The number of fused-ring (bicyclic) bond motifs is 1. The number of aryl methyl sites for hydroxylation is 1. The van der Waals surface area contributed by atoms with E-state index in [1.165, 1.54) is 4.68 Å². The van der Waals surface area contributed by atoms with Crippen LogP contribution in [-0.2, 0) is 9.59 Å². The van der Waals surface area contributed by atoms with Crippen LogP contribution in [0.25, 0.3) is 11.4 Å². The molecule has 2 N–H and O–H groups in total. The molecule has 0 unspecified atom stereocenters. The Morgan fingerprint density at radius 1 is 1.28 bits per heavy atom. The second-order valence-electron chi connectivity index (χ2n) is 6.65. The van der Waals surface area contributed by atoms with Gasteiger partial charge in [0.25, 0.3) is 5.91 Å². The summed E-state index contributed by atoms with van der Waals surface area (Å²) < 4.78 is 6.60. The van der Waals surface area contributed by atoms with Crippen molar-refractivity contribution in [3.8, 4) is 17.1 Å². The molecule has 2 aromatic carbocycles. The number of anilines is 2. The minimum atomic E-state index is -0.774. The predicted octanol–water partition coefficient (Wildman–Crippen LogP) is 3.44. The zero-order chi connectivity index (χ0) is 20.5. The summed E-state index contributed by atoms with van der Waals surface area (Å²) in [6.07, 6.45) is -0.0732. The molecule has 0 saturated carbocycles. The highest BCUT2D eigenvalue weighted by molar-refractivity contribution is 6.31. The van der Waals surface area contributed by atoms with Gasteiger partial charge in [0, 0.05) is 16.3 Å². The van der Waals surface area contributed by atoms with E-state index in [2.05, 4.69) is 20.7 Å². The van der Waals surface area contributed by atoms with Crippen LogP contribution in [0.3, 0.4) is 0 Å². The fourth-order valence-corrected chi connectivity index (χ4v) is 3.25.